The number of hydrogen-bond donors (Lipinski definition) is 1. The largest absolute Gasteiger partial charge is 0.506 e. The van der Waals surface area contributed by atoms with Gasteiger partial charge >= 0.3 is 0 Å². The minimum Gasteiger partial charge on any atom is -0.506 e. The zero-order valence-corrected chi connectivity index (χ0v) is 10.7. The van der Waals surface area contributed by atoms with E-state index in [-0.39, 0.29) is 5.75 Å². The predicted octanol–water partition coefficient (Wildman–Crippen LogP) is 2.61. The highest BCUT2D eigenvalue weighted by molar-refractivity contribution is 5.31. The summed E-state index contributed by atoms with van der Waals surface area (Å²) in [4.78, 5) is 8.05. The van der Waals surface area contributed by atoms with Gasteiger partial charge in [0.1, 0.15) is 11.5 Å². The molecule has 0 aliphatic heterocycles. The van der Waals surface area contributed by atoms with Crippen LogP contribution in [0.2, 0.25) is 0 Å². The first-order valence-electron chi connectivity index (χ1n) is 6.42. The fourth-order valence-electron chi connectivity index (χ4n) is 2.60. The van der Waals surface area contributed by atoms with Crippen LogP contribution in [0, 0.1) is 11.8 Å². The monoisotopic (exact) mass is 256 g/mol. The summed E-state index contributed by atoms with van der Waals surface area (Å²) in [6, 6.07) is 5.56. The van der Waals surface area contributed by atoms with E-state index in [2.05, 4.69) is 16.9 Å². The first kappa shape index (κ1) is 12.0. The third kappa shape index (κ3) is 2.52. The molecule has 0 spiro atoms. The van der Waals surface area contributed by atoms with E-state index in [1.807, 2.05) is 18.3 Å². The summed E-state index contributed by atoms with van der Waals surface area (Å²) < 4.78 is 5.74. The molecule has 2 heterocycles. The zero-order valence-electron chi connectivity index (χ0n) is 10.7. The van der Waals surface area contributed by atoms with Crippen LogP contribution in [0.4, 0.5) is 0 Å². The Morgan fingerprint density at radius 1 is 1.26 bits per heavy atom. The molecule has 1 fully saturated rings. The number of aromatic nitrogens is 2. The van der Waals surface area contributed by atoms with Crippen molar-refractivity contribution in [2.24, 2.45) is 11.8 Å². The lowest BCUT2D eigenvalue weighted by atomic mass is 10.1. The van der Waals surface area contributed by atoms with Gasteiger partial charge in [0, 0.05) is 18.3 Å². The second kappa shape index (κ2) is 4.88. The summed E-state index contributed by atoms with van der Waals surface area (Å²) in [6.07, 6.45) is 6.73. The maximum atomic E-state index is 9.47. The van der Waals surface area contributed by atoms with Crippen molar-refractivity contribution < 1.29 is 9.84 Å². The smallest absolute Gasteiger partial charge is 0.137 e. The summed E-state index contributed by atoms with van der Waals surface area (Å²) in [5, 5.41) is 9.47. The van der Waals surface area contributed by atoms with Crippen LogP contribution < -0.4 is 4.74 Å². The summed E-state index contributed by atoms with van der Waals surface area (Å²) in [5.41, 5.74) is 1.09. The maximum Gasteiger partial charge on any atom is 0.137 e. The Morgan fingerprint density at radius 2 is 2.16 bits per heavy atom. The van der Waals surface area contributed by atoms with E-state index in [4.69, 9.17) is 4.74 Å². The highest BCUT2D eigenvalue weighted by atomic mass is 16.5. The Morgan fingerprint density at radius 3 is 2.89 bits per heavy atom. The number of rotatable bonds is 4. The minimum atomic E-state index is 0.225. The Kier molecular flexibility index (Phi) is 3.07. The Bertz CT molecular complexity index is 559. The molecule has 3 rings (SSSR count). The Balaban J connectivity index is 1.62. The SMILES string of the molecule is C[C@H]1C(COc2cccnc2)[C@H]1c1cncc(O)c1. The molecule has 4 heteroatoms. The molecule has 0 radical (unpaired) electrons. The number of nitrogens with zero attached hydrogens (tertiary/aromatic N) is 2. The second-order valence-electron chi connectivity index (χ2n) is 5.02. The van der Waals surface area contributed by atoms with Crippen molar-refractivity contribution >= 4 is 0 Å². The van der Waals surface area contributed by atoms with Crippen molar-refractivity contribution in [3.63, 3.8) is 0 Å². The molecule has 0 bridgehead atoms. The van der Waals surface area contributed by atoms with Gasteiger partial charge in [-0.25, -0.2) is 0 Å². The van der Waals surface area contributed by atoms with Gasteiger partial charge < -0.3 is 9.84 Å². The molecular weight excluding hydrogens is 240 g/mol. The van der Waals surface area contributed by atoms with Crippen LogP contribution in [0.5, 0.6) is 11.5 Å². The summed E-state index contributed by atoms with van der Waals surface area (Å²) in [7, 11) is 0. The molecule has 1 saturated carbocycles. The van der Waals surface area contributed by atoms with Crippen LogP contribution in [-0.2, 0) is 0 Å². The van der Waals surface area contributed by atoms with E-state index >= 15 is 0 Å². The molecule has 1 aliphatic rings. The standard InChI is InChI=1S/C15H16N2O2/c1-10-14(9-19-13-3-2-4-16-8-13)15(10)11-5-12(18)7-17-6-11/h2-8,10,14-15,18H,9H2,1H3/t10-,14?,15+/m0/s1. The van der Waals surface area contributed by atoms with E-state index in [1.54, 1.807) is 18.5 Å². The lowest BCUT2D eigenvalue weighted by molar-refractivity contribution is 0.290. The molecule has 1 aliphatic carbocycles. The van der Waals surface area contributed by atoms with E-state index < -0.39 is 0 Å². The van der Waals surface area contributed by atoms with Crippen LogP contribution in [0.3, 0.4) is 0 Å². The first-order chi connectivity index (χ1) is 9.25. The van der Waals surface area contributed by atoms with Crippen molar-refractivity contribution in [1.29, 1.82) is 0 Å². The van der Waals surface area contributed by atoms with Crippen LogP contribution in [0.25, 0.3) is 0 Å². The van der Waals surface area contributed by atoms with Gasteiger partial charge in [0.05, 0.1) is 19.0 Å². The lowest BCUT2D eigenvalue weighted by Gasteiger charge is -2.05. The van der Waals surface area contributed by atoms with Crippen LogP contribution in [0.15, 0.2) is 43.0 Å². The van der Waals surface area contributed by atoms with E-state index in [0.29, 0.717) is 24.4 Å². The van der Waals surface area contributed by atoms with Crippen molar-refractivity contribution in [2.75, 3.05) is 6.61 Å². The molecule has 0 amide bonds. The number of aromatic hydroxyl groups is 1. The maximum absolute atomic E-state index is 9.47. The molecule has 0 aromatic carbocycles. The summed E-state index contributed by atoms with van der Waals surface area (Å²) >= 11 is 0. The second-order valence-corrected chi connectivity index (χ2v) is 5.02. The summed E-state index contributed by atoms with van der Waals surface area (Å²) in [5.74, 6) is 2.48. The average Bonchev–Trinajstić information content (AvgIpc) is 3.08. The van der Waals surface area contributed by atoms with Crippen LogP contribution in [-0.4, -0.2) is 21.7 Å². The molecule has 1 unspecified atom stereocenters. The lowest BCUT2D eigenvalue weighted by Crippen LogP contribution is -2.01. The van der Waals surface area contributed by atoms with E-state index in [0.717, 1.165) is 11.3 Å². The highest BCUT2D eigenvalue weighted by Crippen LogP contribution is 2.53. The van der Waals surface area contributed by atoms with E-state index in [9.17, 15) is 5.11 Å². The normalized spacial score (nSPS) is 25.0. The zero-order chi connectivity index (χ0) is 13.2. The van der Waals surface area contributed by atoms with Crippen molar-refractivity contribution in [2.45, 2.75) is 12.8 Å². The Hall–Kier alpha value is -2.10. The molecule has 3 atom stereocenters. The molecule has 98 valence electrons. The van der Waals surface area contributed by atoms with Crippen molar-refractivity contribution in [3.8, 4) is 11.5 Å². The molecule has 1 N–H and O–H groups in total. The highest BCUT2D eigenvalue weighted by Gasteiger charge is 2.48. The van der Waals surface area contributed by atoms with Crippen LogP contribution >= 0.6 is 0 Å². The third-order valence-corrected chi connectivity index (χ3v) is 3.77. The number of ether oxygens (including phenoxy) is 1. The van der Waals surface area contributed by atoms with Gasteiger partial charge in [-0.2, -0.15) is 0 Å². The number of pyridine rings is 2. The van der Waals surface area contributed by atoms with Gasteiger partial charge in [0.25, 0.3) is 0 Å². The topological polar surface area (TPSA) is 55.2 Å². The van der Waals surface area contributed by atoms with Crippen molar-refractivity contribution in [1.82, 2.24) is 9.97 Å². The van der Waals surface area contributed by atoms with Gasteiger partial charge in [-0.1, -0.05) is 6.92 Å². The van der Waals surface area contributed by atoms with Gasteiger partial charge in [0.2, 0.25) is 0 Å². The molecule has 4 nitrogen and oxygen atoms in total. The van der Waals surface area contributed by atoms with Gasteiger partial charge in [-0.3, -0.25) is 9.97 Å². The van der Waals surface area contributed by atoms with Crippen LogP contribution in [0.1, 0.15) is 18.4 Å². The molecule has 0 saturated heterocycles. The molecule has 2 aromatic heterocycles. The molecular formula is C15H16N2O2. The van der Waals surface area contributed by atoms with Crippen molar-refractivity contribution in [3.05, 3.63) is 48.5 Å². The number of hydrogen-bond acceptors (Lipinski definition) is 4. The first-order valence-corrected chi connectivity index (χ1v) is 6.42. The predicted molar refractivity (Wildman–Crippen MR) is 71.0 cm³/mol. The summed E-state index contributed by atoms with van der Waals surface area (Å²) in [6.45, 7) is 2.87. The molecule has 19 heavy (non-hydrogen) atoms. The fraction of sp³-hybridized carbons (Fsp3) is 0.333. The Labute approximate surface area is 112 Å². The van der Waals surface area contributed by atoms with E-state index in [1.165, 1.54) is 6.20 Å². The average molecular weight is 256 g/mol. The quantitative estimate of drug-likeness (QED) is 0.913. The fourth-order valence-corrected chi connectivity index (χ4v) is 2.60. The third-order valence-electron chi connectivity index (χ3n) is 3.77. The van der Waals surface area contributed by atoms with Gasteiger partial charge in [0.15, 0.2) is 0 Å². The van der Waals surface area contributed by atoms with Gasteiger partial charge in [-0.15, -0.1) is 0 Å². The minimum absolute atomic E-state index is 0.225. The molecule has 2 aromatic rings. The van der Waals surface area contributed by atoms with Gasteiger partial charge in [-0.05, 0) is 35.6 Å².